The number of nitrogens with two attached hydrogens (primary N) is 2. The number of hydrogen-bond donors (Lipinski definition) is 3. The Morgan fingerprint density at radius 3 is 3.12 bits per heavy atom. The first kappa shape index (κ1) is 11.4. The molecule has 16 heavy (non-hydrogen) atoms. The van der Waals surface area contributed by atoms with E-state index in [-0.39, 0.29) is 5.95 Å². The first-order valence-electron chi connectivity index (χ1n) is 5.13. The van der Waals surface area contributed by atoms with Crippen LogP contribution in [0, 0.1) is 0 Å². The molecule has 1 aliphatic rings. The van der Waals surface area contributed by atoms with E-state index >= 15 is 0 Å². The van der Waals surface area contributed by atoms with Gasteiger partial charge in [-0.3, -0.25) is 0 Å². The van der Waals surface area contributed by atoms with Crippen molar-refractivity contribution in [2.24, 2.45) is 5.84 Å². The second kappa shape index (κ2) is 5.33. The van der Waals surface area contributed by atoms with E-state index in [1.807, 2.05) is 0 Å². The number of nitrogen functional groups attached to an aromatic ring is 2. The van der Waals surface area contributed by atoms with Gasteiger partial charge in [0, 0.05) is 18.4 Å². The van der Waals surface area contributed by atoms with Crippen molar-refractivity contribution in [1.82, 2.24) is 9.97 Å². The van der Waals surface area contributed by atoms with Gasteiger partial charge in [0.1, 0.15) is 10.8 Å². The van der Waals surface area contributed by atoms with Crippen LogP contribution in [0.5, 0.6) is 0 Å². The fourth-order valence-corrected chi connectivity index (χ4v) is 2.52. The highest BCUT2D eigenvalue weighted by Gasteiger charge is 2.16. The van der Waals surface area contributed by atoms with Crippen molar-refractivity contribution < 1.29 is 4.74 Å². The van der Waals surface area contributed by atoms with Crippen molar-refractivity contribution in [3.63, 3.8) is 0 Å². The van der Waals surface area contributed by atoms with E-state index in [0.29, 0.717) is 11.9 Å². The van der Waals surface area contributed by atoms with Crippen molar-refractivity contribution in [3.05, 3.63) is 6.07 Å². The number of anilines is 2. The molecule has 1 aromatic heterocycles. The largest absolute Gasteiger partial charge is 0.377 e. The van der Waals surface area contributed by atoms with Crippen LogP contribution in [0.1, 0.15) is 12.8 Å². The maximum Gasteiger partial charge on any atom is 0.223 e. The third kappa shape index (κ3) is 2.97. The Bertz CT molecular complexity index is 356. The molecule has 0 bridgehead atoms. The number of thioether (sulfide) groups is 1. The average Bonchev–Trinajstić information content (AvgIpc) is 2.78. The van der Waals surface area contributed by atoms with Crippen LogP contribution < -0.4 is 17.0 Å². The maximum atomic E-state index is 5.56. The normalized spacial score (nSPS) is 19.9. The number of nitrogens with one attached hydrogen (secondary N) is 1. The van der Waals surface area contributed by atoms with E-state index < -0.39 is 0 Å². The summed E-state index contributed by atoms with van der Waals surface area (Å²) in [6.07, 6.45) is 2.60. The molecule has 0 radical (unpaired) electrons. The zero-order valence-electron chi connectivity index (χ0n) is 8.85. The predicted octanol–water partition coefficient (Wildman–Crippen LogP) is 0.616. The Morgan fingerprint density at radius 2 is 2.44 bits per heavy atom. The average molecular weight is 241 g/mol. The van der Waals surface area contributed by atoms with Gasteiger partial charge in [-0.05, 0) is 12.8 Å². The highest BCUT2D eigenvalue weighted by atomic mass is 32.2. The van der Waals surface area contributed by atoms with E-state index in [2.05, 4.69) is 15.4 Å². The van der Waals surface area contributed by atoms with Crippen LogP contribution in [0.15, 0.2) is 11.1 Å². The van der Waals surface area contributed by atoms with Crippen LogP contribution in [-0.2, 0) is 4.74 Å². The van der Waals surface area contributed by atoms with Crippen LogP contribution in [0.3, 0.4) is 0 Å². The highest BCUT2D eigenvalue weighted by molar-refractivity contribution is 7.99. The van der Waals surface area contributed by atoms with Crippen molar-refractivity contribution in [1.29, 1.82) is 0 Å². The van der Waals surface area contributed by atoms with Gasteiger partial charge in [0.15, 0.2) is 0 Å². The molecule has 6 nitrogen and oxygen atoms in total. The molecule has 0 amide bonds. The van der Waals surface area contributed by atoms with E-state index in [4.69, 9.17) is 16.3 Å². The maximum absolute atomic E-state index is 5.56. The summed E-state index contributed by atoms with van der Waals surface area (Å²) in [6.45, 7) is 0.868. The Hall–Kier alpha value is -1.05. The topological polar surface area (TPSA) is 99.1 Å². The Balaban J connectivity index is 1.94. The lowest BCUT2D eigenvalue weighted by Gasteiger charge is -2.09. The molecule has 1 fully saturated rings. The molecule has 1 aromatic rings. The predicted molar refractivity (Wildman–Crippen MR) is 64.0 cm³/mol. The summed E-state index contributed by atoms with van der Waals surface area (Å²) in [5, 5.41) is 0.816. The summed E-state index contributed by atoms with van der Waals surface area (Å²) in [5.74, 6) is 6.92. The summed E-state index contributed by atoms with van der Waals surface area (Å²) in [7, 11) is 0. The third-order valence-electron chi connectivity index (χ3n) is 2.31. The molecule has 5 N–H and O–H groups in total. The molecule has 2 rings (SSSR count). The van der Waals surface area contributed by atoms with Crippen LogP contribution in [-0.4, -0.2) is 28.4 Å². The number of ether oxygens (including phenoxy) is 1. The molecule has 88 valence electrons. The lowest BCUT2D eigenvalue weighted by molar-refractivity contribution is 0.129. The van der Waals surface area contributed by atoms with Gasteiger partial charge in [-0.1, -0.05) is 0 Å². The molecule has 1 saturated heterocycles. The zero-order valence-corrected chi connectivity index (χ0v) is 9.67. The van der Waals surface area contributed by atoms with Gasteiger partial charge in [-0.15, -0.1) is 11.8 Å². The van der Waals surface area contributed by atoms with Gasteiger partial charge < -0.3 is 15.9 Å². The molecule has 7 heteroatoms. The van der Waals surface area contributed by atoms with E-state index in [1.54, 1.807) is 17.8 Å². The van der Waals surface area contributed by atoms with Gasteiger partial charge in [0.25, 0.3) is 0 Å². The Kier molecular flexibility index (Phi) is 3.81. The van der Waals surface area contributed by atoms with E-state index in [1.165, 1.54) is 0 Å². The first-order chi connectivity index (χ1) is 7.78. The van der Waals surface area contributed by atoms with Gasteiger partial charge in [-0.25, -0.2) is 10.8 Å². The fourth-order valence-electron chi connectivity index (χ4n) is 1.54. The molecule has 0 aromatic carbocycles. The fraction of sp³-hybridized carbons (Fsp3) is 0.556. The van der Waals surface area contributed by atoms with Gasteiger partial charge in [-0.2, -0.15) is 4.98 Å². The number of hydrogen-bond acceptors (Lipinski definition) is 7. The zero-order chi connectivity index (χ0) is 11.4. The molecule has 0 aliphatic carbocycles. The van der Waals surface area contributed by atoms with Crippen molar-refractivity contribution >= 4 is 23.5 Å². The minimum atomic E-state index is 0.227. The monoisotopic (exact) mass is 241 g/mol. The van der Waals surface area contributed by atoms with E-state index in [9.17, 15) is 0 Å². The number of hydrazine groups is 1. The van der Waals surface area contributed by atoms with Gasteiger partial charge in [0.05, 0.1) is 6.10 Å². The van der Waals surface area contributed by atoms with E-state index in [0.717, 1.165) is 30.2 Å². The Morgan fingerprint density at radius 1 is 1.56 bits per heavy atom. The van der Waals surface area contributed by atoms with Crippen LogP contribution in [0.2, 0.25) is 0 Å². The van der Waals surface area contributed by atoms with Crippen molar-refractivity contribution in [2.45, 2.75) is 24.0 Å². The molecule has 1 atom stereocenters. The van der Waals surface area contributed by atoms with Gasteiger partial charge in [0.2, 0.25) is 5.95 Å². The minimum absolute atomic E-state index is 0.227. The third-order valence-corrected chi connectivity index (χ3v) is 3.35. The lowest BCUT2D eigenvalue weighted by atomic mass is 10.3. The number of nitrogens with zero attached hydrogens (tertiary/aromatic N) is 2. The molecule has 1 aliphatic heterocycles. The smallest absolute Gasteiger partial charge is 0.223 e. The summed E-state index contributed by atoms with van der Waals surface area (Å²) in [5.41, 5.74) is 8.02. The molecule has 0 spiro atoms. The number of rotatable bonds is 4. The molecule has 2 heterocycles. The van der Waals surface area contributed by atoms with Gasteiger partial charge >= 0.3 is 0 Å². The molecule has 0 saturated carbocycles. The standard InChI is InChI=1S/C9H15N5OS/c10-9-12-7(14-11)4-8(13-9)16-5-6-2-1-3-15-6/h4,6H,1-3,5,11H2,(H3,10,12,13,14). The quantitative estimate of drug-likeness (QED) is 0.307. The molecular formula is C9H15N5OS. The lowest BCUT2D eigenvalue weighted by Crippen LogP contribution is -2.11. The second-order valence-electron chi connectivity index (χ2n) is 3.54. The van der Waals surface area contributed by atoms with Crippen molar-refractivity contribution in [2.75, 3.05) is 23.5 Å². The number of aromatic nitrogens is 2. The molecular weight excluding hydrogens is 226 g/mol. The molecule has 1 unspecified atom stereocenters. The van der Waals surface area contributed by atoms with Crippen LogP contribution >= 0.6 is 11.8 Å². The van der Waals surface area contributed by atoms with Crippen LogP contribution in [0.25, 0.3) is 0 Å². The second-order valence-corrected chi connectivity index (χ2v) is 4.58. The summed E-state index contributed by atoms with van der Waals surface area (Å²) in [4.78, 5) is 8.04. The minimum Gasteiger partial charge on any atom is -0.377 e. The summed E-state index contributed by atoms with van der Waals surface area (Å²) in [6, 6.07) is 1.77. The SMILES string of the molecule is NNc1cc(SCC2CCCO2)nc(N)n1. The van der Waals surface area contributed by atoms with Crippen molar-refractivity contribution in [3.8, 4) is 0 Å². The Labute approximate surface area is 98.1 Å². The highest BCUT2D eigenvalue weighted by Crippen LogP contribution is 2.24. The van der Waals surface area contributed by atoms with Crippen LogP contribution in [0.4, 0.5) is 11.8 Å². The summed E-state index contributed by atoms with van der Waals surface area (Å²) >= 11 is 1.61. The first-order valence-corrected chi connectivity index (χ1v) is 6.12. The summed E-state index contributed by atoms with van der Waals surface area (Å²) < 4.78 is 5.53.